The Morgan fingerprint density at radius 2 is 1.89 bits per heavy atom. The summed E-state index contributed by atoms with van der Waals surface area (Å²) >= 11 is 12.7. The van der Waals surface area contributed by atoms with Gasteiger partial charge in [-0.3, -0.25) is 9.36 Å². The molecule has 1 saturated carbocycles. The molecule has 10 nitrogen and oxygen atoms in total. The number of nitrogens with one attached hydrogen (secondary N) is 2. The maximum absolute atomic E-state index is 13.2. The fraction of sp³-hybridized carbons (Fsp3) is 0.409. The van der Waals surface area contributed by atoms with E-state index in [0.29, 0.717) is 25.7 Å². The maximum Gasteiger partial charge on any atom is 0.410 e. The lowest BCUT2D eigenvalue weighted by molar-refractivity contribution is -0.149. The van der Waals surface area contributed by atoms with Crippen molar-refractivity contribution in [2.45, 2.75) is 43.9 Å². The number of nitrogens with two attached hydrogens (primary N) is 1. The fourth-order valence-electron chi connectivity index (χ4n) is 4.27. The maximum atomic E-state index is 13.2. The highest BCUT2D eigenvalue weighted by molar-refractivity contribution is 6.39. The number of alkyl halides is 3. The molecule has 0 radical (unpaired) electrons. The van der Waals surface area contributed by atoms with E-state index in [0.717, 1.165) is 0 Å². The molecular weight excluding hydrogens is 536 g/mol. The monoisotopic (exact) mass is 556 g/mol. The normalized spacial score (nSPS) is 18.8. The second-order valence-corrected chi connectivity index (χ2v) is 9.40. The Kier molecular flexibility index (Phi) is 7.63. The minimum Gasteiger partial charge on any atom is -0.394 e. The Balaban J connectivity index is 1.78. The van der Waals surface area contributed by atoms with E-state index in [1.165, 1.54) is 18.3 Å². The Bertz CT molecular complexity index is 1340. The molecule has 1 fully saturated rings. The van der Waals surface area contributed by atoms with Crippen molar-refractivity contribution in [2.75, 3.05) is 17.2 Å². The number of rotatable bonds is 7. The molecule has 1 aromatic carbocycles. The highest BCUT2D eigenvalue weighted by Crippen LogP contribution is 2.39. The number of fused-ring (bicyclic) bond motifs is 1. The van der Waals surface area contributed by atoms with Gasteiger partial charge in [0.25, 0.3) is 0 Å². The standard InChI is InChI=1S/C22H21Cl2F3N8O2/c23-13-5-10(7-28)6-14(24)17(13)33-21-31-15-8-30-20(32-16(9-36)22(25,26)27)34-19(15)35(21)12-3-1-11(2-4-12)18(29)37/h5-6,8,11-12,16,36H,1-4,9H2,(H2,29,37)(H,31,33)(H,30,32,34)/t11-,12-,16-/m1/s1. The van der Waals surface area contributed by atoms with Gasteiger partial charge in [-0.25, -0.2) is 9.97 Å². The van der Waals surface area contributed by atoms with E-state index in [9.17, 15) is 23.1 Å². The van der Waals surface area contributed by atoms with E-state index in [-0.39, 0.29) is 62.2 Å². The molecule has 37 heavy (non-hydrogen) atoms. The Morgan fingerprint density at radius 1 is 1.24 bits per heavy atom. The lowest BCUT2D eigenvalue weighted by atomic mass is 9.85. The van der Waals surface area contributed by atoms with Crippen LogP contribution in [-0.2, 0) is 4.79 Å². The summed E-state index contributed by atoms with van der Waals surface area (Å²) in [6, 6.07) is 2.31. The van der Waals surface area contributed by atoms with E-state index in [2.05, 4.69) is 25.6 Å². The van der Waals surface area contributed by atoms with Crippen molar-refractivity contribution in [1.29, 1.82) is 5.26 Å². The molecule has 2 heterocycles. The topological polar surface area (TPSA) is 155 Å². The molecule has 5 N–H and O–H groups in total. The van der Waals surface area contributed by atoms with Gasteiger partial charge in [0.15, 0.2) is 5.65 Å². The van der Waals surface area contributed by atoms with E-state index in [1.54, 1.807) is 4.57 Å². The smallest absolute Gasteiger partial charge is 0.394 e. The lowest BCUT2D eigenvalue weighted by Gasteiger charge is -2.29. The van der Waals surface area contributed by atoms with Crippen LogP contribution in [0.2, 0.25) is 10.0 Å². The van der Waals surface area contributed by atoms with Crippen LogP contribution in [0.4, 0.5) is 30.8 Å². The molecule has 15 heteroatoms. The first kappa shape index (κ1) is 26.7. The zero-order valence-corrected chi connectivity index (χ0v) is 20.6. The number of aliphatic hydroxyl groups excluding tert-OH is 1. The molecule has 196 valence electrons. The number of aliphatic hydroxyl groups is 1. The molecule has 2 aromatic heterocycles. The van der Waals surface area contributed by atoms with Crippen molar-refractivity contribution in [2.24, 2.45) is 11.7 Å². The van der Waals surface area contributed by atoms with Crippen LogP contribution in [0.5, 0.6) is 0 Å². The third-order valence-electron chi connectivity index (χ3n) is 6.19. The molecule has 1 aliphatic rings. The summed E-state index contributed by atoms with van der Waals surface area (Å²) in [5.74, 6) is -0.780. The number of halogens is 5. The number of benzene rings is 1. The highest BCUT2D eigenvalue weighted by atomic mass is 35.5. The van der Waals surface area contributed by atoms with Crippen LogP contribution in [0.15, 0.2) is 18.3 Å². The number of amides is 1. The average Bonchev–Trinajstić information content (AvgIpc) is 3.21. The van der Waals surface area contributed by atoms with Gasteiger partial charge in [-0.05, 0) is 37.8 Å². The van der Waals surface area contributed by atoms with Gasteiger partial charge in [0.2, 0.25) is 17.8 Å². The van der Waals surface area contributed by atoms with Crippen molar-refractivity contribution in [3.63, 3.8) is 0 Å². The number of aromatic nitrogens is 4. The number of anilines is 3. The Morgan fingerprint density at radius 3 is 2.43 bits per heavy atom. The lowest BCUT2D eigenvalue weighted by Crippen LogP contribution is -2.39. The molecule has 0 bridgehead atoms. The highest BCUT2D eigenvalue weighted by Gasteiger charge is 2.40. The average molecular weight is 557 g/mol. The first-order chi connectivity index (χ1) is 17.5. The van der Waals surface area contributed by atoms with Crippen molar-refractivity contribution >= 4 is 57.9 Å². The predicted octanol–water partition coefficient (Wildman–Crippen LogP) is 4.30. The van der Waals surface area contributed by atoms with Crippen LogP contribution in [-0.4, -0.2) is 49.4 Å². The summed E-state index contributed by atoms with van der Waals surface area (Å²) in [5.41, 5.74) is 6.49. The van der Waals surface area contributed by atoms with Gasteiger partial charge in [-0.15, -0.1) is 0 Å². The van der Waals surface area contributed by atoms with Gasteiger partial charge < -0.3 is 21.5 Å². The van der Waals surface area contributed by atoms with E-state index >= 15 is 0 Å². The van der Waals surface area contributed by atoms with Gasteiger partial charge in [-0.1, -0.05) is 23.2 Å². The summed E-state index contributed by atoms with van der Waals surface area (Å²) in [6.07, 6.45) is -1.40. The molecule has 0 saturated heterocycles. The molecule has 0 unspecified atom stereocenters. The summed E-state index contributed by atoms with van der Waals surface area (Å²) in [7, 11) is 0. The zero-order valence-electron chi connectivity index (χ0n) is 19.1. The second kappa shape index (κ2) is 10.6. The van der Waals surface area contributed by atoms with Gasteiger partial charge in [0.1, 0.15) is 11.6 Å². The number of carbonyl (C=O) groups excluding carboxylic acids is 1. The van der Waals surface area contributed by atoms with Crippen molar-refractivity contribution in [3.05, 3.63) is 33.9 Å². The van der Waals surface area contributed by atoms with Crippen LogP contribution >= 0.6 is 23.2 Å². The van der Waals surface area contributed by atoms with Crippen molar-refractivity contribution in [1.82, 2.24) is 19.5 Å². The second-order valence-electron chi connectivity index (χ2n) is 8.59. The minimum atomic E-state index is -4.73. The summed E-state index contributed by atoms with van der Waals surface area (Å²) < 4.78 is 41.2. The van der Waals surface area contributed by atoms with Crippen LogP contribution in [0.25, 0.3) is 11.2 Å². The molecule has 1 amide bonds. The molecule has 0 spiro atoms. The molecule has 1 atom stereocenters. The number of imidazole rings is 1. The third kappa shape index (κ3) is 5.66. The van der Waals surface area contributed by atoms with E-state index in [4.69, 9.17) is 34.2 Å². The summed E-state index contributed by atoms with van der Waals surface area (Å²) in [6.45, 7) is -1.20. The first-order valence-corrected chi connectivity index (χ1v) is 11.9. The van der Waals surface area contributed by atoms with Gasteiger partial charge in [0.05, 0.1) is 40.2 Å². The van der Waals surface area contributed by atoms with Crippen molar-refractivity contribution in [3.8, 4) is 6.07 Å². The molecule has 4 rings (SSSR count). The van der Waals surface area contributed by atoms with E-state index in [1.807, 2.05) is 6.07 Å². The number of hydrogen-bond donors (Lipinski definition) is 4. The summed E-state index contributed by atoms with van der Waals surface area (Å²) in [5, 5.41) is 23.8. The molecule has 3 aromatic rings. The molecule has 0 aliphatic heterocycles. The number of nitriles is 1. The van der Waals surface area contributed by atoms with Crippen LogP contribution in [0, 0.1) is 17.2 Å². The van der Waals surface area contributed by atoms with Crippen LogP contribution in [0.1, 0.15) is 37.3 Å². The fourth-order valence-corrected chi connectivity index (χ4v) is 4.85. The predicted molar refractivity (Wildman–Crippen MR) is 131 cm³/mol. The zero-order chi connectivity index (χ0) is 26.9. The van der Waals surface area contributed by atoms with E-state index < -0.39 is 18.8 Å². The Labute approximate surface area is 218 Å². The minimum absolute atomic E-state index is 0.157. The van der Waals surface area contributed by atoms with Crippen molar-refractivity contribution < 1.29 is 23.1 Å². The number of primary amides is 1. The van der Waals surface area contributed by atoms with Gasteiger partial charge in [0, 0.05) is 12.0 Å². The van der Waals surface area contributed by atoms with Crippen LogP contribution in [0.3, 0.4) is 0 Å². The number of carbonyl (C=O) groups is 1. The quantitative estimate of drug-likeness (QED) is 0.335. The largest absolute Gasteiger partial charge is 0.410 e. The molecular formula is C22H21Cl2F3N8O2. The van der Waals surface area contributed by atoms with Gasteiger partial charge in [-0.2, -0.15) is 23.4 Å². The number of nitrogens with zero attached hydrogens (tertiary/aromatic N) is 5. The number of hydrogen-bond acceptors (Lipinski definition) is 8. The summed E-state index contributed by atoms with van der Waals surface area (Å²) in [4.78, 5) is 24.3. The third-order valence-corrected chi connectivity index (χ3v) is 6.78. The van der Waals surface area contributed by atoms with Crippen LogP contribution < -0.4 is 16.4 Å². The molecule has 1 aliphatic carbocycles. The first-order valence-electron chi connectivity index (χ1n) is 11.2. The Hall–Kier alpha value is -3.34. The van der Waals surface area contributed by atoms with Gasteiger partial charge >= 0.3 is 6.18 Å². The SMILES string of the molecule is N#Cc1cc(Cl)c(Nc2nc3cnc(N[C@H](CO)C(F)(F)F)nc3n2[C@H]2CC[C@H](C(N)=O)CC2)c(Cl)c1.